The minimum Gasteiger partial charge on any atom is -0.315 e. The van der Waals surface area contributed by atoms with Crippen molar-refractivity contribution in [2.24, 2.45) is 0 Å². The van der Waals surface area contributed by atoms with Crippen LogP contribution in [0.4, 0.5) is 5.69 Å². The van der Waals surface area contributed by atoms with Crippen molar-refractivity contribution in [3.8, 4) is 11.8 Å². The van der Waals surface area contributed by atoms with Crippen molar-refractivity contribution < 1.29 is 4.79 Å². The van der Waals surface area contributed by atoms with Gasteiger partial charge in [0.2, 0.25) is 0 Å². The van der Waals surface area contributed by atoms with Crippen molar-refractivity contribution in [1.29, 1.82) is 0 Å². The highest BCUT2D eigenvalue weighted by Gasteiger charge is 1.98. The van der Waals surface area contributed by atoms with Crippen LogP contribution in [0.15, 0.2) is 24.3 Å². The maximum absolute atomic E-state index is 11.2. The molecule has 0 spiro atoms. The zero-order chi connectivity index (χ0) is 11.1. The minimum absolute atomic E-state index is 0.258. The number of aryl methyl sites for hydroxylation is 1. The number of amides is 1. The summed E-state index contributed by atoms with van der Waals surface area (Å²) < 4.78 is 0. The van der Waals surface area contributed by atoms with E-state index in [0.29, 0.717) is 0 Å². The summed E-state index contributed by atoms with van der Waals surface area (Å²) in [5.41, 5.74) is 2.05. The molecule has 1 aromatic rings. The predicted molar refractivity (Wildman–Crippen MR) is 62.5 cm³/mol. The highest BCUT2D eigenvalue weighted by molar-refractivity contribution is 6.03. The summed E-state index contributed by atoms with van der Waals surface area (Å²) in [5, 5.41) is 2.73. The van der Waals surface area contributed by atoms with Gasteiger partial charge in [-0.2, -0.15) is 0 Å². The largest absolute Gasteiger partial charge is 0.315 e. The highest BCUT2D eigenvalue weighted by Crippen LogP contribution is 2.11. The first-order valence-electron chi connectivity index (χ1n) is 5.09. The van der Waals surface area contributed by atoms with Gasteiger partial charge in [0.1, 0.15) is 0 Å². The Hall–Kier alpha value is -1.75. The number of benzene rings is 1. The van der Waals surface area contributed by atoms with Crippen molar-refractivity contribution in [3.05, 3.63) is 29.8 Å². The molecule has 0 fully saturated rings. The molecule has 0 aliphatic rings. The van der Waals surface area contributed by atoms with Crippen LogP contribution in [-0.4, -0.2) is 5.91 Å². The Labute approximate surface area is 90.7 Å². The van der Waals surface area contributed by atoms with Crippen LogP contribution in [0.1, 0.15) is 25.8 Å². The van der Waals surface area contributed by atoms with Gasteiger partial charge in [0, 0.05) is 5.69 Å². The maximum Gasteiger partial charge on any atom is 0.300 e. The number of carbonyl (C=O) groups excluding carboxylic acids is 1. The zero-order valence-electron chi connectivity index (χ0n) is 9.13. The van der Waals surface area contributed by atoms with Crippen LogP contribution in [0.2, 0.25) is 0 Å². The fourth-order valence-corrected chi connectivity index (χ4v) is 1.37. The van der Waals surface area contributed by atoms with Crippen LogP contribution < -0.4 is 5.32 Å². The van der Waals surface area contributed by atoms with Crippen LogP contribution in [-0.2, 0) is 11.2 Å². The Morgan fingerprint density at radius 2 is 2.27 bits per heavy atom. The van der Waals surface area contributed by atoms with E-state index in [1.165, 1.54) is 5.56 Å². The van der Waals surface area contributed by atoms with Gasteiger partial charge < -0.3 is 5.32 Å². The second-order valence-electron chi connectivity index (χ2n) is 3.28. The van der Waals surface area contributed by atoms with Gasteiger partial charge in [-0.05, 0) is 37.0 Å². The Kier molecular flexibility index (Phi) is 4.43. The first kappa shape index (κ1) is 11.3. The summed E-state index contributed by atoms with van der Waals surface area (Å²) in [6.45, 7) is 3.78. The Morgan fingerprint density at radius 1 is 1.47 bits per heavy atom. The predicted octanol–water partition coefficient (Wildman–Crippen LogP) is 2.60. The third-order valence-corrected chi connectivity index (χ3v) is 1.96. The molecule has 0 saturated heterocycles. The third-order valence-electron chi connectivity index (χ3n) is 1.96. The van der Waals surface area contributed by atoms with Crippen molar-refractivity contribution in [2.45, 2.75) is 26.7 Å². The summed E-state index contributed by atoms with van der Waals surface area (Å²) in [6, 6.07) is 7.86. The fraction of sp³-hybridized carbons (Fsp3) is 0.308. The van der Waals surface area contributed by atoms with Crippen molar-refractivity contribution in [1.82, 2.24) is 0 Å². The topological polar surface area (TPSA) is 29.1 Å². The van der Waals surface area contributed by atoms with E-state index in [1.54, 1.807) is 6.92 Å². The molecule has 2 nitrogen and oxygen atoms in total. The molecule has 1 amide bonds. The molecular weight excluding hydrogens is 186 g/mol. The van der Waals surface area contributed by atoms with Gasteiger partial charge in [0.25, 0.3) is 5.91 Å². The SMILES string of the molecule is CC#CC(=O)Nc1cccc(CCC)c1. The van der Waals surface area contributed by atoms with Crippen molar-refractivity contribution in [3.63, 3.8) is 0 Å². The first-order chi connectivity index (χ1) is 7.26. The molecule has 1 N–H and O–H groups in total. The smallest absolute Gasteiger partial charge is 0.300 e. The molecule has 0 bridgehead atoms. The lowest BCUT2D eigenvalue weighted by molar-refractivity contribution is -0.111. The van der Waals surface area contributed by atoms with Crippen LogP contribution in [0.3, 0.4) is 0 Å². The maximum atomic E-state index is 11.2. The molecule has 0 atom stereocenters. The average molecular weight is 201 g/mol. The van der Waals surface area contributed by atoms with Crippen LogP contribution >= 0.6 is 0 Å². The quantitative estimate of drug-likeness (QED) is 0.748. The van der Waals surface area contributed by atoms with E-state index >= 15 is 0 Å². The van der Waals surface area contributed by atoms with Crippen LogP contribution in [0.25, 0.3) is 0 Å². The van der Waals surface area contributed by atoms with E-state index in [4.69, 9.17) is 0 Å². The van der Waals surface area contributed by atoms with E-state index in [-0.39, 0.29) is 5.91 Å². The molecule has 0 saturated carbocycles. The number of hydrogen-bond acceptors (Lipinski definition) is 1. The van der Waals surface area contributed by atoms with Crippen molar-refractivity contribution in [2.75, 3.05) is 5.32 Å². The number of rotatable bonds is 3. The summed E-state index contributed by atoms with van der Waals surface area (Å²) in [7, 11) is 0. The lowest BCUT2D eigenvalue weighted by Crippen LogP contribution is -2.08. The number of carbonyl (C=O) groups is 1. The van der Waals surface area contributed by atoms with Gasteiger partial charge in [-0.3, -0.25) is 4.79 Å². The Bertz CT molecular complexity index is 398. The molecule has 0 heterocycles. The molecular formula is C13H15NO. The zero-order valence-corrected chi connectivity index (χ0v) is 9.13. The highest BCUT2D eigenvalue weighted by atomic mass is 16.1. The molecule has 0 aromatic heterocycles. The lowest BCUT2D eigenvalue weighted by atomic mass is 10.1. The van der Waals surface area contributed by atoms with Gasteiger partial charge in [0.05, 0.1) is 0 Å². The molecule has 0 unspecified atom stereocenters. The summed E-state index contributed by atoms with van der Waals surface area (Å²) in [6.07, 6.45) is 2.13. The molecule has 0 aliphatic heterocycles. The molecule has 1 rings (SSSR count). The summed E-state index contributed by atoms with van der Waals surface area (Å²) >= 11 is 0. The monoisotopic (exact) mass is 201 g/mol. The average Bonchev–Trinajstić information content (AvgIpc) is 2.19. The molecule has 0 aliphatic carbocycles. The van der Waals surface area contributed by atoms with E-state index in [1.807, 2.05) is 18.2 Å². The molecule has 15 heavy (non-hydrogen) atoms. The Balaban J connectivity index is 2.71. The van der Waals surface area contributed by atoms with Gasteiger partial charge in [-0.25, -0.2) is 0 Å². The van der Waals surface area contributed by atoms with E-state index in [0.717, 1.165) is 18.5 Å². The standard InChI is InChI=1S/C13H15NO/c1-3-6-11-8-5-9-12(10-11)14-13(15)7-4-2/h5,8-10H,3,6H2,1-2H3,(H,14,15). The second-order valence-corrected chi connectivity index (χ2v) is 3.28. The van der Waals surface area contributed by atoms with E-state index in [9.17, 15) is 4.79 Å². The van der Waals surface area contributed by atoms with Crippen molar-refractivity contribution >= 4 is 11.6 Å². The summed E-state index contributed by atoms with van der Waals surface area (Å²) in [5.74, 6) is 4.75. The Morgan fingerprint density at radius 3 is 2.93 bits per heavy atom. The normalized spacial score (nSPS) is 8.93. The summed E-state index contributed by atoms with van der Waals surface area (Å²) in [4.78, 5) is 11.2. The molecule has 1 aromatic carbocycles. The van der Waals surface area contributed by atoms with Gasteiger partial charge in [-0.1, -0.05) is 31.4 Å². The molecule has 2 heteroatoms. The third kappa shape index (κ3) is 3.86. The van der Waals surface area contributed by atoms with Gasteiger partial charge in [0.15, 0.2) is 0 Å². The number of anilines is 1. The van der Waals surface area contributed by atoms with E-state index < -0.39 is 0 Å². The van der Waals surface area contributed by atoms with Gasteiger partial charge in [-0.15, -0.1) is 0 Å². The van der Waals surface area contributed by atoms with Crippen LogP contribution in [0, 0.1) is 11.8 Å². The number of nitrogens with one attached hydrogen (secondary N) is 1. The molecule has 78 valence electrons. The number of hydrogen-bond donors (Lipinski definition) is 1. The minimum atomic E-state index is -0.258. The molecule has 0 radical (unpaired) electrons. The van der Waals surface area contributed by atoms with Crippen LogP contribution in [0.5, 0.6) is 0 Å². The van der Waals surface area contributed by atoms with E-state index in [2.05, 4.69) is 30.1 Å². The lowest BCUT2D eigenvalue weighted by Gasteiger charge is -2.03. The first-order valence-corrected chi connectivity index (χ1v) is 5.09. The second kappa shape index (κ2) is 5.87. The van der Waals surface area contributed by atoms with Gasteiger partial charge >= 0.3 is 0 Å². The fourth-order valence-electron chi connectivity index (χ4n) is 1.37.